The van der Waals surface area contributed by atoms with Crippen molar-refractivity contribution in [2.45, 2.75) is 12.6 Å². The van der Waals surface area contributed by atoms with Crippen molar-refractivity contribution < 1.29 is 27.8 Å². The lowest BCUT2D eigenvalue weighted by Gasteiger charge is -2.27. The molecule has 8 nitrogen and oxygen atoms in total. The van der Waals surface area contributed by atoms with E-state index in [9.17, 15) is 0 Å². The molecule has 0 saturated carbocycles. The standard InChI is InChI=1S/C72H52N2O6/c1-3-15-51(16-4-1)69-67(49-25-33-55(34-26-49)73(63-23-11-19-47-13-7-9-21-59(47)63)57-37-29-53(30-38-57)71-75-41-42-76-71)61-45-66-62(46-65(61)79-69)68(70(80-66)52-17-5-2-6-18-52)50-27-35-56(36-28-50)74(64-24-12-20-48-14-8-10-22-60(48)64)58-39-31-54(32-40-58)72-77-43-44-78-72/h1-40,45-46,71-72H,41-44H2. The number of anilines is 6. The second-order valence-corrected chi connectivity index (χ2v) is 20.3. The second-order valence-electron chi connectivity index (χ2n) is 20.3. The van der Waals surface area contributed by atoms with Gasteiger partial charge in [0.1, 0.15) is 22.7 Å². The first-order chi connectivity index (χ1) is 39.7. The highest BCUT2D eigenvalue weighted by molar-refractivity contribution is 6.12. The molecule has 2 aliphatic rings. The van der Waals surface area contributed by atoms with Crippen LogP contribution in [-0.4, -0.2) is 26.4 Å². The maximum absolute atomic E-state index is 7.10. The summed E-state index contributed by atoms with van der Waals surface area (Å²) in [6, 6.07) is 89.8. The average molecular weight is 1040 g/mol. The Balaban J connectivity index is 0.853. The van der Waals surface area contributed by atoms with Gasteiger partial charge in [-0.25, -0.2) is 0 Å². The maximum atomic E-state index is 7.10. The van der Waals surface area contributed by atoms with Gasteiger partial charge in [-0.1, -0.05) is 182 Å². The molecule has 4 heterocycles. The van der Waals surface area contributed by atoms with E-state index < -0.39 is 0 Å². The van der Waals surface area contributed by atoms with E-state index in [1.807, 2.05) is 12.1 Å². The number of hydrogen-bond acceptors (Lipinski definition) is 8. The fraction of sp³-hybridized carbons (Fsp3) is 0.0833. The number of furan rings is 2. The van der Waals surface area contributed by atoms with Crippen molar-refractivity contribution in [3.63, 3.8) is 0 Å². The Labute approximate surface area is 462 Å². The van der Waals surface area contributed by atoms with Crippen LogP contribution in [0.2, 0.25) is 0 Å². The number of nitrogens with zero attached hydrogens (tertiary/aromatic N) is 2. The van der Waals surface area contributed by atoms with Crippen LogP contribution in [0.1, 0.15) is 23.7 Å². The van der Waals surface area contributed by atoms with Gasteiger partial charge in [-0.15, -0.1) is 0 Å². The summed E-state index contributed by atoms with van der Waals surface area (Å²) in [5.74, 6) is 1.58. The molecule has 0 bridgehead atoms. The Bertz CT molecular complexity index is 4060. The molecule has 15 rings (SSSR count). The highest BCUT2D eigenvalue weighted by Gasteiger charge is 2.27. The van der Waals surface area contributed by atoms with Crippen molar-refractivity contribution >= 4 is 77.6 Å². The van der Waals surface area contributed by atoms with Gasteiger partial charge in [0.05, 0.1) is 37.8 Å². The summed E-state index contributed by atoms with van der Waals surface area (Å²) in [5.41, 5.74) is 15.7. The molecule has 8 heteroatoms. The van der Waals surface area contributed by atoms with Crippen LogP contribution in [0, 0.1) is 0 Å². The average Bonchev–Trinajstić information content (AvgIpc) is 4.42. The van der Waals surface area contributed by atoms with Crippen molar-refractivity contribution in [2.24, 2.45) is 0 Å². The number of benzene rings is 11. The molecular formula is C72H52N2O6. The van der Waals surface area contributed by atoms with Gasteiger partial charge in [-0.05, 0) is 94.7 Å². The van der Waals surface area contributed by atoms with Gasteiger partial charge in [0.25, 0.3) is 0 Å². The predicted octanol–water partition coefficient (Wildman–Crippen LogP) is 19.2. The molecule has 0 spiro atoms. The van der Waals surface area contributed by atoms with E-state index in [0.717, 1.165) is 123 Å². The number of ether oxygens (including phenoxy) is 4. The first-order valence-electron chi connectivity index (χ1n) is 27.2. The summed E-state index contributed by atoms with van der Waals surface area (Å²) >= 11 is 0. The summed E-state index contributed by atoms with van der Waals surface area (Å²) in [5, 5.41) is 6.56. The normalized spacial score (nSPS) is 14.0. The molecule has 0 aliphatic carbocycles. The monoisotopic (exact) mass is 1040 g/mol. The molecule has 13 aromatic rings. The minimum atomic E-state index is -0.356. The number of fused-ring (bicyclic) bond motifs is 4. The number of rotatable bonds is 12. The van der Waals surface area contributed by atoms with Gasteiger partial charge >= 0.3 is 0 Å². The molecule has 2 aliphatic heterocycles. The Morgan fingerprint density at radius 3 is 1.01 bits per heavy atom. The summed E-state index contributed by atoms with van der Waals surface area (Å²) in [4.78, 5) is 4.65. The quantitative estimate of drug-likeness (QED) is 0.120. The molecule has 11 aromatic carbocycles. The van der Waals surface area contributed by atoms with E-state index in [1.165, 1.54) is 10.8 Å². The zero-order chi connectivity index (χ0) is 52.9. The fourth-order valence-electron chi connectivity index (χ4n) is 11.7. The van der Waals surface area contributed by atoms with Crippen LogP contribution < -0.4 is 9.80 Å². The van der Waals surface area contributed by atoms with Gasteiger partial charge in [0, 0.05) is 77.7 Å². The fourth-order valence-corrected chi connectivity index (χ4v) is 11.7. The first-order valence-corrected chi connectivity index (χ1v) is 27.2. The maximum Gasteiger partial charge on any atom is 0.184 e. The van der Waals surface area contributed by atoms with Crippen LogP contribution in [0.15, 0.2) is 264 Å². The highest BCUT2D eigenvalue weighted by Crippen LogP contribution is 2.49. The highest BCUT2D eigenvalue weighted by atomic mass is 16.7. The van der Waals surface area contributed by atoms with Crippen LogP contribution in [0.5, 0.6) is 0 Å². The van der Waals surface area contributed by atoms with E-state index >= 15 is 0 Å². The summed E-state index contributed by atoms with van der Waals surface area (Å²) in [7, 11) is 0. The molecule has 0 unspecified atom stereocenters. The molecule has 2 saturated heterocycles. The first kappa shape index (κ1) is 47.7. The van der Waals surface area contributed by atoms with Gasteiger partial charge in [0.2, 0.25) is 0 Å². The minimum Gasteiger partial charge on any atom is -0.455 e. The van der Waals surface area contributed by atoms with E-state index in [1.54, 1.807) is 0 Å². The third kappa shape index (κ3) is 8.59. The Morgan fingerprint density at radius 2 is 0.625 bits per heavy atom. The molecule has 0 amide bonds. The van der Waals surface area contributed by atoms with Crippen molar-refractivity contribution in [3.8, 4) is 44.9 Å². The van der Waals surface area contributed by atoms with Crippen LogP contribution in [0.25, 0.3) is 88.4 Å². The lowest BCUT2D eigenvalue weighted by Crippen LogP contribution is -2.11. The van der Waals surface area contributed by atoms with Crippen LogP contribution in [0.3, 0.4) is 0 Å². The molecule has 386 valence electrons. The molecule has 2 aromatic heterocycles. The Kier molecular flexibility index (Phi) is 12.1. The third-order valence-corrected chi connectivity index (χ3v) is 15.5. The molecule has 80 heavy (non-hydrogen) atoms. The largest absolute Gasteiger partial charge is 0.455 e. The number of hydrogen-bond donors (Lipinski definition) is 0. The van der Waals surface area contributed by atoms with Crippen molar-refractivity contribution in [3.05, 3.63) is 266 Å². The summed E-state index contributed by atoms with van der Waals surface area (Å²) in [6.07, 6.45) is -0.712. The van der Waals surface area contributed by atoms with E-state index in [0.29, 0.717) is 26.4 Å². The minimum absolute atomic E-state index is 0.356. The molecule has 0 atom stereocenters. The summed E-state index contributed by atoms with van der Waals surface area (Å²) < 4.78 is 37.7. The zero-order valence-electron chi connectivity index (χ0n) is 43.6. The van der Waals surface area contributed by atoms with E-state index in [2.05, 4.69) is 252 Å². The second kappa shape index (κ2) is 20.4. The SMILES string of the molecule is c1ccc(-c2oc3cc4c(-c5ccc(N(c6ccc(C7OCCO7)cc6)c6cccc7ccccc67)cc5)c(-c5ccccc5)oc4cc3c2-c2ccc(N(c3ccc(C4OCCO4)cc3)c3cccc4ccccc34)cc2)cc1. The smallest absolute Gasteiger partial charge is 0.184 e. The molecule has 0 radical (unpaired) electrons. The molecule has 0 N–H and O–H groups in total. The Morgan fingerprint density at radius 1 is 0.287 bits per heavy atom. The van der Waals surface area contributed by atoms with E-state index in [4.69, 9.17) is 27.8 Å². The van der Waals surface area contributed by atoms with Crippen LogP contribution >= 0.6 is 0 Å². The Hall–Kier alpha value is -9.54. The lowest BCUT2D eigenvalue weighted by atomic mass is 9.95. The van der Waals surface area contributed by atoms with Crippen molar-refractivity contribution in [1.29, 1.82) is 0 Å². The van der Waals surface area contributed by atoms with Gasteiger partial charge in [-0.2, -0.15) is 0 Å². The topological polar surface area (TPSA) is 69.7 Å². The van der Waals surface area contributed by atoms with Crippen molar-refractivity contribution in [1.82, 2.24) is 0 Å². The van der Waals surface area contributed by atoms with Gasteiger partial charge in [-0.3, -0.25) is 0 Å². The van der Waals surface area contributed by atoms with Crippen LogP contribution in [0.4, 0.5) is 34.1 Å². The van der Waals surface area contributed by atoms with Gasteiger partial charge in [0.15, 0.2) is 12.6 Å². The molecule has 2 fully saturated rings. The lowest BCUT2D eigenvalue weighted by molar-refractivity contribution is -0.0443. The predicted molar refractivity (Wildman–Crippen MR) is 321 cm³/mol. The van der Waals surface area contributed by atoms with Crippen LogP contribution in [-0.2, 0) is 18.9 Å². The molecular weight excluding hydrogens is 989 g/mol. The van der Waals surface area contributed by atoms with Gasteiger partial charge < -0.3 is 37.6 Å². The summed E-state index contributed by atoms with van der Waals surface area (Å²) in [6.45, 7) is 2.37. The van der Waals surface area contributed by atoms with Crippen molar-refractivity contribution in [2.75, 3.05) is 36.2 Å². The zero-order valence-corrected chi connectivity index (χ0v) is 43.6. The van der Waals surface area contributed by atoms with E-state index in [-0.39, 0.29) is 12.6 Å². The third-order valence-electron chi connectivity index (χ3n) is 15.5.